The Bertz CT molecular complexity index is 779. The van der Waals surface area contributed by atoms with Gasteiger partial charge in [-0.1, -0.05) is 65.7 Å². The molecule has 1 aromatic heterocycles. The van der Waals surface area contributed by atoms with Crippen molar-refractivity contribution in [1.82, 2.24) is 4.98 Å². The maximum Gasteiger partial charge on any atom is 0.145 e. The molecule has 100 valence electrons. The number of anilines is 1. The Labute approximate surface area is 127 Å². The van der Waals surface area contributed by atoms with Crippen LogP contribution < -0.4 is 5.32 Å². The van der Waals surface area contributed by atoms with Gasteiger partial charge in [0, 0.05) is 12.6 Å². The van der Waals surface area contributed by atoms with Gasteiger partial charge in [-0.15, -0.1) is 0 Å². The monoisotopic (exact) mass is 302 g/mol. The Morgan fingerprint density at radius 2 is 1.70 bits per heavy atom. The molecule has 0 saturated heterocycles. The van der Waals surface area contributed by atoms with Crippen LogP contribution in [-0.2, 0) is 0 Å². The lowest BCUT2D eigenvalue weighted by Gasteiger charge is -2.11. The summed E-state index contributed by atoms with van der Waals surface area (Å²) in [4.78, 5) is 4.54. The van der Waals surface area contributed by atoms with Gasteiger partial charge in [0.1, 0.15) is 5.82 Å². The zero-order valence-corrected chi connectivity index (χ0v) is 12.3. The molecule has 0 bridgehead atoms. The lowest BCUT2D eigenvalue weighted by atomic mass is 10.0. The van der Waals surface area contributed by atoms with Crippen LogP contribution in [0.3, 0.4) is 0 Å². The molecule has 0 unspecified atom stereocenters. The Hall–Kier alpha value is -1.77. The smallest absolute Gasteiger partial charge is 0.145 e. The summed E-state index contributed by atoms with van der Waals surface area (Å²) in [6.45, 7) is 0. The minimum Gasteiger partial charge on any atom is -0.372 e. The van der Waals surface area contributed by atoms with Gasteiger partial charge in [0.15, 0.2) is 0 Å². The maximum absolute atomic E-state index is 6.32. The fourth-order valence-corrected chi connectivity index (χ4v) is 2.82. The summed E-state index contributed by atoms with van der Waals surface area (Å²) < 4.78 is 0. The minimum atomic E-state index is 0.515. The van der Waals surface area contributed by atoms with E-state index in [1.807, 2.05) is 24.3 Å². The van der Waals surface area contributed by atoms with Crippen LogP contribution in [0, 0.1) is 0 Å². The van der Waals surface area contributed by atoms with Crippen LogP contribution in [0.4, 0.5) is 5.82 Å². The average molecular weight is 303 g/mol. The molecule has 4 heteroatoms. The zero-order valence-electron chi connectivity index (χ0n) is 10.8. The van der Waals surface area contributed by atoms with E-state index >= 15 is 0 Å². The summed E-state index contributed by atoms with van der Waals surface area (Å²) in [6.07, 6.45) is 0. The summed E-state index contributed by atoms with van der Waals surface area (Å²) in [5.74, 6) is 0.624. The fourth-order valence-electron chi connectivity index (χ4n) is 2.26. The van der Waals surface area contributed by atoms with E-state index in [0.29, 0.717) is 15.9 Å². The van der Waals surface area contributed by atoms with E-state index in [1.54, 1.807) is 13.1 Å². The molecule has 0 radical (unpaired) electrons. The fraction of sp³-hybridized carbons (Fsp3) is 0.0625. The molecular weight excluding hydrogens is 291 g/mol. The second-order valence-electron chi connectivity index (χ2n) is 4.43. The Balaban J connectivity index is 2.31. The van der Waals surface area contributed by atoms with Crippen molar-refractivity contribution in [2.24, 2.45) is 0 Å². The van der Waals surface area contributed by atoms with E-state index in [1.165, 1.54) is 0 Å². The van der Waals surface area contributed by atoms with Crippen LogP contribution in [0.5, 0.6) is 0 Å². The van der Waals surface area contributed by atoms with Crippen molar-refractivity contribution in [3.05, 3.63) is 58.6 Å². The molecule has 1 heterocycles. The number of fused-ring (bicyclic) bond motifs is 1. The highest BCUT2D eigenvalue weighted by Crippen LogP contribution is 2.35. The van der Waals surface area contributed by atoms with Crippen LogP contribution in [0.25, 0.3) is 22.0 Å². The lowest BCUT2D eigenvalue weighted by molar-refractivity contribution is 1.29. The van der Waals surface area contributed by atoms with Gasteiger partial charge < -0.3 is 5.32 Å². The highest BCUT2D eigenvalue weighted by Gasteiger charge is 2.12. The number of halogens is 2. The molecule has 2 aromatic carbocycles. The number of hydrogen-bond donors (Lipinski definition) is 1. The van der Waals surface area contributed by atoms with Gasteiger partial charge in [0.05, 0.1) is 15.7 Å². The first-order chi connectivity index (χ1) is 9.70. The number of hydrogen-bond acceptors (Lipinski definition) is 2. The Morgan fingerprint density at radius 1 is 0.950 bits per heavy atom. The van der Waals surface area contributed by atoms with Crippen LogP contribution in [0.1, 0.15) is 0 Å². The van der Waals surface area contributed by atoms with E-state index in [0.717, 1.165) is 22.0 Å². The first-order valence-corrected chi connectivity index (χ1v) is 6.98. The highest BCUT2D eigenvalue weighted by atomic mass is 35.5. The minimum absolute atomic E-state index is 0.515. The molecule has 0 aliphatic heterocycles. The molecule has 1 N–H and O–H groups in total. The molecule has 0 atom stereocenters. The first kappa shape index (κ1) is 13.2. The second kappa shape index (κ2) is 5.31. The predicted octanol–water partition coefficient (Wildman–Crippen LogP) is 5.25. The predicted molar refractivity (Wildman–Crippen MR) is 86.7 cm³/mol. The topological polar surface area (TPSA) is 24.9 Å². The molecule has 2 nitrogen and oxygen atoms in total. The Morgan fingerprint density at radius 3 is 2.50 bits per heavy atom. The third kappa shape index (κ3) is 2.21. The second-order valence-corrected chi connectivity index (χ2v) is 5.24. The molecule has 0 aliphatic carbocycles. The van der Waals surface area contributed by atoms with Gasteiger partial charge in [-0.2, -0.15) is 0 Å². The number of rotatable bonds is 2. The molecule has 3 aromatic rings. The van der Waals surface area contributed by atoms with E-state index in [4.69, 9.17) is 23.2 Å². The maximum atomic E-state index is 6.32. The quantitative estimate of drug-likeness (QED) is 0.699. The molecule has 0 aliphatic rings. The number of pyridine rings is 1. The van der Waals surface area contributed by atoms with Crippen LogP contribution in [0.15, 0.2) is 48.5 Å². The number of aromatic nitrogens is 1. The number of nitrogens with zero attached hydrogens (tertiary/aromatic N) is 1. The van der Waals surface area contributed by atoms with Gasteiger partial charge in [-0.05, 0) is 16.8 Å². The first-order valence-electron chi connectivity index (χ1n) is 6.22. The number of nitrogens with one attached hydrogen (secondary N) is 1. The summed E-state index contributed by atoms with van der Waals surface area (Å²) in [7, 11) is 1.79. The van der Waals surface area contributed by atoms with E-state index in [-0.39, 0.29) is 0 Å². The lowest BCUT2D eigenvalue weighted by Crippen LogP contribution is -1.96. The van der Waals surface area contributed by atoms with Crippen LogP contribution >= 0.6 is 23.2 Å². The Kier molecular flexibility index (Phi) is 3.51. The van der Waals surface area contributed by atoms with Crippen LogP contribution in [-0.4, -0.2) is 12.0 Å². The van der Waals surface area contributed by atoms with E-state index < -0.39 is 0 Å². The zero-order chi connectivity index (χ0) is 14.1. The van der Waals surface area contributed by atoms with Crippen molar-refractivity contribution in [3.8, 4) is 11.3 Å². The molecule has 0 spiro atoms. The average Bonchev–Trinajstić information content (AvgIpc) is 2.47. The summed E-state index contributed by atoms with van der Waals surface area (Å²) in [5, 5.41) is 6.32. The van der Waals surface area contributed by atoms with Gasteiger partial charge in [0.25, 0.3) is 0 Å². The van der Waals surface area contributed by atoms with Crippen molar-refractivity contribution in [3.63, 3.8) is 0 Å². The summed E-state index contributed by atoms with van der Waals surface area (Å²) in [6, 6.07) is 16.0. The largest absolute Gasteiger partial charge is 0.372 e. The molecule has 3 rings (SSSR count). The van der Waals surface area contributed by atoms with Gasteiger partial charge in [-0.3, -0.25) is 0 Å². The molecule has 0 amide bonds. The van der Waals surface area contributed by atoms with Crippen molar-refractivity contribution in [2.45, 2.75) is 0 Å². The molecule has 0 saturated carbocycles. The van der Waals surface area contributed by atoms with Gasteiger partial charge in [-0.25, -0.2) is 4.98 Å². The SMILES string of the molecule is CNc1nc(-c2cccc3ccccc23)c(Cl)cc1Cl. The van der Waals surface area contributed by atoms with Gasteiger partial charge in [0.2, 0.25) is 0 Å². The normalized spacial score (nSPS) is 10.8. The van der Waals surface area contributed by atoms with Crippen molar-refractivity contribution in [2.75, 3.05) is 12.4 Å². The van der Waals surface area contributed by atoms with E-state index in [9.17, 15) is 0 Å². The summed E-state index contributed by atoms with van der Waals surface area (Å²) in [5.41, 5.74) is 1.73. The van der Waals surface area contributed by atoms with E-state index in [2.05, 4.69) is 28.5 Å². The third-order valence-corrected chi connectivity index (χ3v) is 3.79. The van der Waals surface area contributed by atoms with Crippen molar-refractivity contribution >= 4 is 39.8 Å². The standard InChI is InChI=1S/C16H12Cl2N2/c1-19-16-14(18)9-13(17)15(20-16)12-8-4-6-10-5-2-3-7-11(10)12/h2-9H,1H3,(H,19,20). The third-order valence-electron chi connectivity index (χ3n) is 3.21. The summed E-state index contributed by atoms with van der Waals surface area (Å²) >= 11 is 12.4. The number of benzene rings is 2. The van der Waals surface area contributed by atoms with Gasteiger partial charge >= 0.3 is 0 Å². The molecular formula is C16H12Cl2N2. The highest BCUT2D eigenvalue weighted by molar-refractivity contribution is 6.37. The van der Waals surface area contributed by atoms with Crippen molar-refractivity contribution < 1.29 is 0 Å². The van der Waals surface area contributed by atoms with Crippen LogP contribution in [0.2, 0.25) is 10.0 Å². The molecule has 0 fully saturated rings. The molecule has 20 heavy (non-hydrogen) atoms. The van der Waals surface area contributed by atoms with Crippen molar-refractivity contribution in [1.29, 1.82) is 0 Å².